The Kier molecular flexibility index (Phi) is 3.09. The molecule has 4 heteroatoms. The van der Waals surface area contributed by atoms with E-state index >= 15 is 0 Å². The number of carbonyl (C=O) groups excluding carboxylic acids is 1. The fourth-order valence-electron chi connectivity index (χ4n) is 3.27. The molecular formula is C15H19NO3. The first-order chi connectivity index (χ1) is 9.24. The molecule has 102 valence electrons. The van der Waals surface area contributed by atoms with Gasteiger partial charge in [0, 0.05) is 24.6 Å². The molecule has 4 nitrogen and oxygen atoms in total. The summed E-state index contributed by atoms with van der Waals surface area (Å²) in [5.41, 5.74) is 2.44. The lowest BCUT2D eigenvalue weighted by atomic mass is 9.86. The second-order valence-corrected chi connectivity index (χ2v) is 5.15. The molecule has 0 aliphatic carbocycles. The van der Waals surface area contributed by atoms with Crippen LogP contribution in [0.3, 0.4) is 0 Å². The van der Waals surface area contributed by atoms with Crippen molar-refractivity contribution < 1.29 is 14.3 Å². The number of ether oxygens (including phenoxy) is 2. The van der Waals surface area contributed by atoms with Gasteiger partial charge in [-0.3, -0.25) is 4.79 Å². The quantitative estimate of drug-likeness (QED) is 0.820. The van der Waals surface area contributed by atoms with E-state index in [1.54, 1.807) is 14.2 Å². The highest BCUT2D eigenvalue weighted by atomic mass is 16.5. The summed E-state index contributed by atoms with van der Waals surface area (Å²) in [4.78, 5) is 14.0. The van der Waals surface area contributed by atoms with Gasteiger partial charge >= 0.3 is 0 Å². The van der Waals surface area contributed by atoms with Gasteiger partial charge in [0.05, 0.1) is 20.3 Å². The Hall–Kier alpha value is -1.71. The summed E-state index contributed by atoms with van der Waals surface area (Å²) >= 11 is 0. The van der Waals surface area contributed by atoms with E-state index in [-0.39, 0.29) is 11.9 Å². The molecule has 0 unspecified atom stereocenters. The standard InChI is InChI=1S/C15H19NO3/c1-18-11-8-10-6-7-16-12(4-3-5-14(16)17)15(10)13(9-11)19-2/h8-9,12H,3-7H2,1-2H3/t12-/m1/s1. The van der Waals surface area contributed by atoms with E-state index in [4.69, 9.17) is 9.47 Å². The van der Waals surface area contributed by atoms with Crippen LogP contribution in [0.4, 0.5) is 0 Å². The third kappa shape index (κ3) is 1.95. The number of hydrogen-bond donors (Lipinski definition) is 0. The maximum Gasteiger partial charge on any atom is 0.223 e. The minimum absolute atomic E-state index is 0.186. The first kappa shape index (κ1) is 12.3. The Morgan fingerprint density at radius 1 is 1.21 bits per heavy atom. The van der Waals surface area contributed by atoms with Crippen LogP contribution in [0, 0.1) is 0 Å². The van der Waals surface area contributed by atoms with Crippen LogP contribution in [0.5, 0.6) is 11.5 Å². The van der Waals surface area contributed by atoms with Gasteiger partial charge in [-0.25, -0.2) is 0 Å². The SMILES string of the molecule is COc1cc2c(c(OC)c1)[C@H]1CCCC(=O)N1CC2. The molecule has 1 saturated heterocycles. The van der Waals surface area contributed by atoms with Crippen molar-refractivity contribution in [2.24, 2.45) is 0 Å². The van der Waals surface area contributed by atoms with Crippen LogP contribution in [-0.2, 0) is 11.2 Å². The molecule has 3 rings (SSSR count). The van der Waals surface area contributed by atoms with E-state index in [0.717, 1.165) is 37.3 Å². The number of hydrogen-bond acceptors (Lipinski definition) is 3. The maximum absolute atomic E-state index is 12.0. The van der Waals surface area contributed by atoms with Crippen molar-refractivity contribution in [3.8, 4) is 11.5 Å². The molecule has 2 heterocycles. The number of fused-ring (bicyclic) bond motifs is 3. The van der Waals surface area contributed by atoms with Crippen LogP contribution < -0.4 is 9.47 Å². The van der Waals surface area contributed by atoms with Crippen LogP contribution in [0.25, 0.3) is 0 Å². The summed E-state index contributed by atoms with van der Waals surface area (Å²) in [6.45, 7) is 0.812. The van der Waals surface area contributed by atoms with Gasteiger partial charge in [0.2, 0.25) is 5.91 Å². The van der Waals surface area contributed by atoms with Crippen molar-refractivity contribution in [1.29, 1.82) is 0 Å². The zero-order valence-corrected chi connectivity index (χ0v) is 11.4. The molecule has 1 atom stereocenters. The highest BCUT2D eigenvalue weighted by Gasteiger charge is 2.35. The van der Waals surface area contributed by atoms with Gasteiger partial charge in [0.25, 0.3) is 0 Å². The van der Waals surface area contributed by atoms with Gasteiger partial charge in [0.1, 0.15) is 11.5 Å². The van der Waals surface area contributed by atoms with Crippen molar-refractivity contribution >= 4 is 5.91 Å². The summed E-state index contributed by atoms with van der Waals surface area (Å²) < 4.78 is 10.8. The number of carbonyl (C=O) groups is 1. The van der Waals surface area contributed by atoms with E-state index in [1.807, 2.05) is 11.0 Å². The third-order valence-electron chi connectivity index (χ3n) is 4.18. The molecule has 0 radical (unpaired) electrons. The van der Waals surface area contributed by atoms with E-state index < -0.39 is 0 Å². The number of methoxy groups -OCH3 is 2. The molecule has 0 aromatic heterocycles. The van der Waals surface area contributed by atoms with Crippen molar-refractivity contribution in [3.63, 3.8) is 0 Å². The molecule has 0 spiro atoms. The minimum atomic E-state index is 0.186. The molecule has 0 saturated carbocycles. The number of piperidine rings is 1. The van der Waals surface area contributed by atoms with E-state index in [0.29, 0.717) is 6.42 Å². The Bertz CT molecular complexity index is 495. The molecule has 2 aliphatic heterocycles. The first-order valence-electron chi connectivity index (χ1n) is 6.79. The molecule has 1 amide bonds. The highest BCUT2D eigenvalue weighted by Crippen LogP contribution is 2.43. The minimum Gasteiger partial charge on any atom is -0.497 e. The van der Waals surface area contributed by atoms with Gasteiger partial charge < -0.3 is 14.4 Å². The Balaban J connectivity index is 2.08. The van der Waals surface area contributed by atoms with Gasteiger partial charge in [-0.1, -0.05) is 0 Å². The molecule has 1 aromatic carbocycles. The highest BCUT2D eigenvalue weighted by molar-refractivity contribution is 5.78. The van der Waals surface area contributed by atoms with E-state index in [1.165, 1.54) is 11.1 Å². The lowest BCUT2D eigenvalue weighted by molar-refractivity contribution is -0.137. The van der Waals surface area contributed by atoms with Crippen molar-refractivity contribution in [1.82, 2.24) is 4.90 Å². The lowest BCUT2D eigenvalue weighted by Gasteiger charge is -2.41. The summed E-state index contributed by atoms with van der Waals surface area (Å²) in [6, 6.07) is 4.18. The second-order valence-electron chi connectivity index (χ2n) is 5.15. The number of amides is 1. The van der Waals surface area contributed by atoms with Crippen molar-refractivity contribution in [2.75, 3.05) is 20.8 Å². The predicted octanol–water partition coefficient (Wildman–Crippen LogP) is 2.31. The fraction of sp³-hybridized carbons (Fsp3) is 0.533. The topological polar surface area (TPSA) is 38.8 Å². The lowest BCUT2D eigenvalue weighted by Crippen LogP contribution is -2.42. The van der Waals surface area contributed by atoms with E-state index in [2.05, 4.69) is 6.07 Å². The van der Waals surface area contributed by atoms with Crippen LogP contribution in [0.15, 0.2) is 12.1 Å². The van der Waals surface area contributed by atoms with Crippen molar-refractivity contribution in [3.05, 3.63) is 23.3 Å². The zero-order chi connectivity index (χ0) is 13.4. The summed E-state index contributed by atoms with van der Waals surface area (Å²) in [5.74, 6) is 1.95. The average molecular weight is 261 g/mol. The maximum atomic E-state index is 12.0. The zero-order valence-electron chi connectivity index (χ0n) is 11.4. The Morgan fingerprint density at radius 2 is 2.05 bits per heavy atom. The predicted molar refractivity (Wildman–Crippen MR) is 71.6 cm³/mol. The number of rotatable bonds is 2. The smallest absolute Gasteiger partial charge is 0.223 e. The molecule has 0 N–H and O–H groups in total. The number of benzene rings is 1. The summed E-state index contributed by atoms with van der Waals surface area (Å²) in [7, 11) is 3.35. The average Bonchev–Trinajstić information content (AvgIpc) is 2.45. The Morgan fingerprint density at radius 3 is 2.79 bits per heavy atom. The molecule has 0 bridgehead atoms. The molecule has 2 aliphatic rings. The molecule has 19 heavy (non-hydrogen) atoms. The molecule has 1 aromatic rings. The summed E-state index contributed by atoms with van der Waals surface area (Å²) in [6.07, 6.45) is 3.56. The van der Waals surface area contributed by atoms with Gasteiger partial charge in [-0.2, -0.15) is 0 Å². The third-order valence-corrected chi connectivity index (χ3v) is 4.18. The monoisotopic (exact) mass is 261 g/mol. The van der Waals surface area contributed by atoms with Crippen LogP contribution >= 0.6 is 0 Å². The molecular weight excluding hydrogens is 242 g/mol. The normalized spacial score (nSPS) is 21.7. The summed E-state index contributed by atoms with van der Waals surface area (Å²) in [5, 5.41) is 0. The van der Waals surface area contributed by atoms with Gasteiger partial charge in [0.15, 0.2) is 0 Å². The first-order valence-corrected chi connectivity index (χ1v) is 6.79. The number of nitrogens with zero attached hydrogens (tertiary/aromatic N) is 1. The van der Waals surface area contributed by atoms with Crippen LogP contribution in [0.2, 0.25) is 0 Å². The van der Waals surface area contributed by atoms with Crippen LogP contribution in [0.1, 0.15) is 36.4 Å². The van der Waals surface area contributed by atoms with Gasteiger partial charge in [-0.15, -0.1) is 0 Å². The van der Waals surface area contributed by atoms with Gasteiger partial charge in [-0.05, 0) is 30.9 Å². The largest absolute Gasteiger partial charge is 0.497 e. The Labute approximate surface area is 113 Å². The fourth-order valence-corrected chi connectivity index (χ4v) is 3.27. The van der Waals surface area contributed by atoms with Crippen LogP contribution in [-0.4, -0.2) is 31.6 Å². The van der Waals surface area contributed by atoms with E-state index in [9.17, 15) is 4.79 Å². The molecule has 1 fully saturated rings. The second kappa shape index (κ2) is 4.76. The van der Waals surface area contributed by atoms with Crippen molar-refractivity contribution in [2.45, 2.75) is 31.7 Å².